The van der Waals surface area contributed by atoms with Crippen LogP contribution in [0.15, 0.2) is 18.5 Å². The smallest absolute Gasteiger partial charge is 0.0970 e. The summed E-state index contributed by atoms with van der Waals surface area (Å²) in [6, 6.07) is 2.27. The molecule has 0 amide bonds. The molecular weight excluding hydrogens is 224 g/mol. The maximum atomic E-state index is 9.89. The van der Waals surface area contributed by atoms with Gasteiger partial charge in [-0.2, -0.15) is 5.10 Å². The number of nitrogens with zero attached hydrogens (tertiary/aromatic N) is 4. The first-order valence-electron chi connectivity index (χ1n) is 5.16. The lowest BCUT2D eigenvalue weighted by Crippen LogP contribution is -2.04. The van der Waals surface area contributed by atoms with Crippen molar-refractivity contribution in [1.82, 2.24) is 19.4 Å². The fourth-order valence-electron chi connectivity index (χ4n) is 1.39. The highest BCUT2D eigenvalue weighted by molar-refractivity contribution is 7.05. The Labute approximate surface area is 97.9 Å². The SMILES string of the molecule is CC(C)n1ccc(CC(O)c2cnns2)n1. The van der Waals surface area contributed by atoms with E-state index in [1.54, 1.807) is 6.20 Å². The molecule has 1 unspecified atom stereocenters. The van der Waals surface area contributed by atoms with Crippen molar-refractivity contribution in [2.24, 2.45) is 0 Å². The number of rotatable bonds is 4. The third-order valence-corrected chi connectivity index (χ3v) is 3.07. The first-order valence-corrected chi connectivity index (χ1v) is 5.93. The Hall–Kier alpha value is -1.27. The lowest BCUT2D eigenvalue weighted by Gasteiger charge is -2.06. The molecule has 0 saturated heterocycles. The zero-order chi connectivity index (χ0) is 11.5. The minimum Gasteiger partial charge on any atom is -0.387 e. The molecule has 16 heavy (non-hydrogen) atoms. The molecule has 6 heteroatoms. The van der Waals surface area contributed by atoms with Crippen LogP contribution in [0, 0.1) is 0 Å². The van der Waals surface area contributed by atoms with E-state index in [1.807, 2.05) is 16.9 Å². The van der Waals surface area contributed by atoms with Crippen molar-refractivity contribution in [1.29, 1.82) is 0 Å². The molecule has 2 aromatic heterocycles. The van der Waals surface area contributed by atoms with Crippen LogP contribution in [0.3, 0.4) is 0 Å². The van der Waals surface area contributed by atoms with Crippen molar-refractivity contribution in [3.05, 3.63) is 29.0 Å². The topological polar surface area (TPSA) is 63.8 Å². The summed E-state index contributed by atoms with van der Waals surface area (Å²) < 4.78 is 5.61. The second-order valence-corrected chi connectivity index (χ2v) is 4.74. The molecule has 2 heterocycles. The minimum absolute atomic E-state index is 0.343. The fraction of sp³-hybridized carbons (Fsp3) is 0.500. The largest absolute Gasteiger partial charge is 0.387 e. The molecule has 0 aliphatic rings. The Morgan fingerprint density at radius 1 is 1.50 bits per heavy atom. The average molecular weight is 238 g/mol. The number of hydrogen-bond acceptors (Lipinski definition) is 5. The van der Waals surface area contributed by atoms with Gasteiger partial charge in [0.25, 0.3) is 0 Å². The maximum absolute atomic E-state index is 9.89. The van der Waals surface area contributed by atoms with Gasteiger partial charge in [0.15, 0.2) is 0 Å². The monoisotopic (exact) mass is 238 g/mol. The second-order valence-electron chi connectivity index (χ2n) is 3.92. The lowest BCUT2D eigenvalue weighted by molar-refractivity contribution is 0.180. The van der Waals surface area contributed by atoms with Crippen molar-refractivity contribution >= 4 is 11.5 Å². The molecule has 0 fully saturated rings. The second kappa shape index (κ2) is 4.71. The van der Waals surface area contributed by atoms with Gasteiger partial charge in [0, 0.05) is 18.7 Å². The number of aliphatic hydroxyl groups excluding tert-OH is 1. The lowest BCUT2D eigenvalue weighted by atomic mass is 10.2. The zero-order valence-electron chi connectivity index (χ0n) is 9.24. The van der Waals surface area contributed by atoms with Crippen LogP contribution in [0.2, 0.25) is 0 Å². The summed E-state index contributed by atoms with van der Waals surface area (Å²) in [6.07, 6.45) is 3.46. The van der Waals surface area contributed by atoms with Gasteiger partial charge in [-0.3, -0.25) is 4.68 Å². The van der Waals surface area contributed by atoms with Crippen LogP contribution >= 0.6 is 11.5 Å². The molecule has 0 aliphatic carbocycles. The normalized spacial score (nSPS) is 13.2. The van der Waals surface area contributed by atoms with E-state index in [-0.39, 0.29) is 0 Å². The van der Waals surface area contributed by atoms with Crippen LogP contribution in [-0.2, 0) is 6.42 Å². The highest BCUT2D eigenvalue weighted by Gasteiger charge is 2.13. The molecule has 0 aliphatic heterocycles. The van der Waals surface area contributed by atoms with Crippen LogP contribution in [0.1, 0.15) is 36.6 Å². The number of hydrogen-bond donors (Lipinski definition) is 1. The summed E-state index contributed by atoms with van der Waals surface area (Å²) in [5.41, 5.74) is 0.884. The summed E-state index contributed by atoms with van der Waals surface area (Å²) in [4.78, 5) is 0.777. The molecular formula is C10H14N4OS. The van der Waals surface area contributed by atoms with E-state index in [4.69, 9.17) is 0 Å². The number of aliphatic hydroxyl groups is 1. The Morgan fingerprint density at radius 3 is 2.88 bits per heavy atom. The molecule has 0 radical (unpaired) electrons. The molecule has 2 rings (SSSR count). The maximum Gasteiger partial charge on any atom is 0.0970 e. The van der Waals surface area contributed by atoms with Gasteiger partial charge in [0.05, 0.1) is 22.9 Å². The third-order valence-electron chi connectivity index (χ3n) is 2.30. The molecule has 5 nitrogen and oxygen atoms in total. The number of aromatic nitrogens is 4. The summed E-state index contributed by atoms with van der Waals surface area (Å²) >= 11 is 1.22. The van der Waals surface area contributed by atoms with Crippen molar-refractivity contribution in [2.45, 2.75) is 32.4 Å². The average Bonchev–Trinajstić information content (AvgIpc) is 2.87. The quantitative estimate of drug-likeness (QED) is 0.878. The van der Waals surface area contributed by atoms with Crippen LogP contribution in [-0.4, -0.2) is 24.5 Å². The first-order chi connectivity index (χ1) is 7.66. The van der Waals surface area contributed by atoms with Crippen LogP contribution in [0.4, 0.5) is 0 Å². The van der Waals surface area contributed by atoms with E-state index in [0.29, 0.717) is 12.5 Å². The molecule has 86 valence electrons. The standard InChI is InChI=1S/C10H14N4OS/c1-7(2)14-4-3-8(12-14)5-9(15)10-6-11-13-16-10/h3-4,6-7,9,15H,5H2,1-2H3. The Kier molecular flexibility index (Phi) is 3.31. The third kappa shape index (κ3) is 2.45. The molecule has 1 atom stereocenters. The highest BCUT2D eigenvalue weighted by Crippen LogP contribution is 2.19. The van der Waals surface area contributed by atoms with E-state index in [2.05, 4.69) is 28.5 Å². The van der Waals surface area contributed by atoms with Gasteiger partial charge in [0.1, 0.15) is 0 Å². The Balaban J connectivity index is 2.03. The molecule has 0 spiro atoms. The van der Waals surface area contributed by atoms with E-state index in [0.717, 1.165) is 10.6 Å². The Bertz CT molecular complexity index is 437. The summed E-state index contributed by atoms with van der Waals surface area (Å²) in [7, 11) is 0. The predicted octanol–water partition coefficient (Wildman–Crippen LogP) is 1.59. The molecule has 0 aromatic carbocycles. The predicted molar refractivity (Wildman–Crippen MR) is 61.2 cm³/mol. The van der Waals surface area contributed by atoms with Gasteiger partial charge >= 0.3 is 0 Å². The minimum atomic E-state index is -0.560. The summed E-state index contributed by atoms with van der Waals surface area (Å²) in [6.45, 7) is 4.14. The van der Waals surface area contributed by atoms with Gasteiger partial charge in [-0.15, -0.1) is 5.10 Å². The molecule has 0 bridgehead atoms. The fourth-order valence-corrected chi connectivity index (χ4v) is 1.88. The molecule has 1 N–H and O–H groups in total. The van der Waals surface area contributed by atoms with E-state index in [9.17, 15) is 5.11 Å². The molecule has 2 aromatic rings. The van der Waals surface area contributed by atoms with Crippen molar-refractivity contribution < 1.29 is 5.11 Å². The van der Waals surface area contributed by atoms with Gasteiger partial charge in [-0.05, 0) is 31.4 Å². The van der Waals surface area contributed by atoms with E-state index < -0.39 is 6.10 Å². The summed E-state index contributed by atoms with van der Waals surface area (Å²) in [5, 5.41) is 18.0. The Morgan fingerprint density at radius 2 is 2.31 bits per heavy atom. The first kappa shape index (κ1) is 11.2. The molecule has 0 saturated carbocycles. The van der Waals surface area contributed by atoms with E-state index >= 15 is 0 Å². The van der Waals surface area contributed by atoms with Crippen molar-refractivity contribution in [2.75, 3.05) is 0 Å². The van der Waals surface area contributed by atoms with Gasteiger partial charge in [-0.1, -0.05) is 4.49 Å². The van der Waals surface area contributed by atoms with Crippen LogP contribution in [0.25, 0.3) is 0 Å². The zero-order valence-corrected chi connectivity index (χ0v) is 10.1. The van der Waals surface area contributed by atoms with Gasteiger partial charge in [0.2, 0.25) is 0 Å². The van der Waals surface area contributed by atoms with E-state index in [1.165, 1.54) is 11.5 Å². The van der Waals surface area contributed by atoms with Gasteiger partial charge in [-0.25, -0.2) is 0 Å². The summed E-state index contributed by atoms with van der Waals surface area (Å²) in [5.74, 6) is 0. The van der Waals surface area contributed by atoms with Gasteiger partial charge < -0.3 is 5.11 Å². The van der Waals surface area contributed by atoms with Crippen molar-refractivity contribution in [3.8, 4) is 0 Å². The van der Waals surface area contributed by atoms with Crippen molar-refractivity contribution in [3.63, 3.8) is 0 Å². The highest BCUT2D eigenvalue weighted by atomic mass is 32.1. The van der Waals surface area contributed by atoms with Crippen LogP contribution in [0.5, 0.6) is 0 Å². The van der Waals surface area contributed by atoms with Crippen LogP contribution < -0.4 is 0 Å².